The first-order chi connectivity index (χ1) is 10.6. The zero-order chi connectivity index (χ0) is 15.7. The fourth-order valence-corrected chi connectivity index (χ4v) is 2.59. The summed E-state index contributed by atoms with van der Waals surface area (Å²) in [6.07, 6.45) is 0. The molecule has 1 aromatic heterocycles. The number of nitrogens with one attached hydrogen (secondary N) is 2. The molecule has 0 atom stereocenters. The Balaban J connectivity index is 2.00. The molecule has 1 amide bonds. The molecule has 3 aromatic rings. The van der Waals surface area contributed by atoms with E-state index in [2.05, 4.69) is 16.4 Å². The van der Waals surface area contributed by atoms with Crippen molar-refractivity contribution in [3.05, 3.63) is 64.8 Å². The Morgan fingerprint density at radius 3 is 2.77 bits per heavy atom. The molecule has 0 radical (unpaired) electrons. The summed E-state index contributed by atoms with van der Waals surface area (Å²) >= 11 is 0. The second-order valence-electron chi connectivity index (χ2n) is 5.32. The van der Waals surface area contributed by atoms with Gasteiger partial charge in [0.05, 0.1) is 17.2 Å². The Morgan fingerprint density at radius 1 is 1.18 bits per heavy atom. The van der Waals surface area contributed by atoms with Gasteiger partial charge in [0.2, 0.25) is 0 Å². The SMILES string of the molecule is Cc1ccc2[nH]c(C)c(C(=O)Nc3cccc(C#N)c3)c2c1. The van der Waals surface area contributed by atoms with E-state index in [1.807, 2.05) is 32.0 Å². The summed E-state index contributed by atoms with van der Waals surface area (Å²) < 4.78 is 0. The van der Waals surface area contributed by atoms with Crippen molar-refractivity contribution in [3.63, 3.8) is 0 Å². The van der Waals surface area contributed by atoms with Gasteiger partial charge in [-0.15, -0.1) is 0 Å². The summed E-state index contributed by atoms with van der Waals surface area (Å²) in [5, 5.41) is 12.7. The summed E-state index contributed by atoms with van der Waals surface area (Å²) in [7, 11) is 0. The van der Waals surface area contributed by atoms with Crippen molar-refractivity contribution in [2.75, 3.05) is 5.32 Å². The highest BCUT2D eigenvalue weighted by Crippen LogP contribution is 2.24. The first-order valence-corrected chi connectivity index (χ1v) is 6.99. The van der Waals surface area contributed by atoms with E-state index < -0.39 is 0 Å². The van der Waals surface area contributed by atoms with Crippen LogP contribution >= 0.6 is 0 Å². The summed E-state index contributed by atoms with van der Waals surface area (Å²) in [5.74, 6) is -0.176. The van der Waals surface area contributed by atoms with Crippen LogP contribution in [0.1, 0.15) is 27.2 Å². The zero-order valence-corrected chi connectivity index (χ0v) is 12.4. The molecule has 4 nitrogen and oxygen atoms in total. The van der Waals surface area contributed by atoms with Crippen molar-refractivity contribution in [1.29, 1.82) is 5.26 Å². The molecule has 22 heavy (non-hydrogen) atoms. The van der Waals surface area contributed by atoms with Crippen LogP contribution in [0.3, 0.4) is 0 Å². The van der Waals surface area contributed by atoms with Crippen LogP contribution < -0.4 is 5.32 Å². The molecule has 2 aromatic carbocycles. The summed E-state index contributed by atoms with van der Waals surface area (Å²) in [5.41, 5.74) is 4.65. The zero-order valence-electron chi connectivity index (χ0n) is 12.4. The van der Waals surface area contributed by atoms with E-state index in [1.54, 1.807) is 24.3 Å². The van der Waals surface area contributed by atoms with Crippen molar-refractivity contribution in [1.82, 2.24) is 4.98 Å². The number of carbonyl (C=O) groups excluding carboxylic acids is 1. The lowest BCUT2D eigenvalue weighted by atomic mass is 10.1. The van der Waals surface area contributed by atoms with Crippen molar-refractivity contribution < 1.29 is 4.79 Å². The molecule has 0 spiro atoms. The average molecular weight is 289 g/mol. The van der Waals surface area contributed by atoms with E-state index >= 15 is 0 Å². The first-order valence-electron chi connectivity index (χ1n) is 6.99. The van der Waals surface area contributed by atoms with Gasteiger partial charge in [0.15, 0.2) is 0 Å². The average Bonchev–Trinajstić information content (AvgIpc) is 2.82. The van der Waals surface area contributed by atoms with Gasteiger partial charge in [0, 0.05) is 22.3 Å². The predicted molar refractivity (Wildman–Crippen MR) is 86.9 cm³/mol. The van der Waals surface area contributed by atoms with Crippen LogP contribution in [0.5, 0.6) is 0 Å². The van der Waals surface area contributed by atoms with E-state index in [0.717, 1.165) is 22.2 Å². The van der Waals surface area contributed by atoms with Crippen molar-refractivity contribution in [2.45, 2.75) is 13.8 Å². The number of anilines is 1. The lowest BCUT2D eigenvalue weighted by Gasteiger charge is -2.06. The second kappa shape index (κ2) is 5.38. The third-order valence-electron chi connectivity index (χ3n) is 3.62. The maximum Gasteiger partial charge on any atom is 0.258 e. The molecule has 0 bridgehead atoms. The number of nitrogens with zero attached hydrogens (tertiary/aromatic N) is 1. The largest absolute Gasteiger partial charge is 0.358 e. The number of amides is 1. The normalized spacial score (nSPS) is 10.4. The van der Waals surface area contributed by atoms with Gasteiger partial charge in [0.25, 0.3) is 5.91 Å². The van der Waals surface area contributed by atoms with Gasteiger partial charge in [-0.05, 0) is 44.2 Å². The van der Waals surface area contributed by atoms with Gasteiger partial charge in [-0.3, -0.25) is 4.79 Å². The quantitative estimate of drug-likeness (QED) is 0.751. The van der Waals surface area contributed by atoms with Crippen molar-refractivity contribution in [3.8, 4) is 6.07 Å². The molecule has 4 heteroatoms. The van der Waals surface area contributed by atoms with Gasteiger partial charge in [-0.2, -0.15) is 5.26 Å². The highest BCUT2D eigenvalue weighted by atomic mass is 16.1. The molecule has 3 rings (SSSR count). The standard InChI is InChI=1S/C18H15N3O/c1-11-6-7-16-15(8-11)17(12(2)20-16)18(22)21-14-5-3-4-13(9-14)10-19/h3-9,20H,1-2H3,(H,21,22). The number of fused-ring (bicyclic) bond motifs is 1. The number of benzene rings is 2. The van der Waals surface area contributed by atoms with Gasteiger partial charge < -0.3 is 10.3 Å². The van der Waals surface area contributed by atoms with Crippen LogP contribution in [0, 0.1) is 25.2 Å². The highest BCUT2D eigenvalue weighted by molar-refractivity contribution is 6.14. The maximum absolute atomic E-state index is 12.6. The third-order valence-corrected chi connectivity index (χ3v) is 3.62. The molecule has 0 aliphatic heterocycles. The van der Waals surface area contributed by atoms with Crippen LogP contribution in [0.15, 0.2) is 42.5 Å². The number of aryl methyl sites for hydroxylation is 2. The molecule has 0 fully saturated rings. The van der Waals surface area contributed by atoms with E-state index in [0.29, 0.717) is 16.8 Å². The second-order valence-corrected chi connectivity index (χ2v) is 5.32. The molecule has 1 heterocycles. The van der Waals surface area contributed by atoms with Crippen LogP contribution in [-0.2, 0) is 0 Å². The van der Waals surface area contributed by atoms with E-state index in [4.69, 9.17) is 5.26 Å². The Hall–Kier alpha value is -3.06. The molecule has 0 aliphatic carbocycles. The number of carbonyl (C=O) groups is 1. The lowest BCUT2D eigenvalue weighted by Crippen LogP contribution is -2.12. The first kappa shape index (κ1) is 13.9. The molecular formula is C18H15N3O. The fraction of sp³-hybridized carbons (Fsp3) is 0.111. The molecule has 2 N–H and O–H groups in total. The molecule has 108 valence electrons. The Labute approximate surface area is 128 Å². The number of aromatic amines is 1. The number of hydrogen-bond donors (Lipinski definition) is 2. The predicted octanol–water partition coefficient (Wildman–Crippen LogP) is 3.91. The van der Waals surface area contributed by atoms with Crippen LogP contribution in [-0.4, -0.2) is 10.9 Å². The molecule has 0 unspecified atom stereocenters. The number of hydrogen-bond acceptors (Lipinski definition) is 2. The minimum atomic E-state index is -0.176. The Morgan fingerprint density at radius 2 is 2.00 bits per heavy atom. The molecular weight excluding hydrogens is 274 g/mol. The van der Waals surface area contributed by atoms with Crippen LogP contribution in [0.4, 0.5) is 5.69 Å². The Bertz CT molecular complexity index is 916. The monoisotopic (exact) mass is 289 g/mol. The summed E-state index contributed by atoms with van der Waals surface area (Å²) in [6, 6.07) is 14.9. The lowest BCUT2D eigenvalue weighted by molar-refractivity contribution is 0.102. The fourth-order valence-electron chi connectivity index (χ4n) is 2.59. The van der Waals surface area contributed by atoms with Gasteiger partial charge >= 0.3 is 0 Å². The minimum Gasteiger partial charge on any atom is -0.358 e. The van der Waals surface area contributed by atoms with E-state index in [1.165, 1.54) is 0 Å². The number of rotatable bonds is 2. The number of nitriles is 1. The maximum atomic E-state index is 12.6. The summed E-state index contributed by atoms with van der Waals surface area (Å²) in [4.78, 5) is 15.8. The van der Waals surface area contributed by atoms with E-state index in [9.17, 15) is 4.79 Å². The summed E-state index contributed by atoms with van der Waals surface area (Å²) in [6.45, 7) is 3.88. The van der Waals surface area contributed by atoms with Crippen molar-refractivity contribution >= 4 is 22.5 Å². The van der Waals surface area contributed by atoms with Crippen molar-refractivity contribution in [2.24, 2.45) is 0 Å². The van der Waals surface area contributed by atoms with Gasteiger partial charge in [0.1, 0.15) is 0 Å². The number of aromatic nitrogens is 1. The van der Waals surface area contributed by atoms with Gasteiger partial charge in [-0.1, -0.05) is 17.7 Å². The molecule has 0 saturated carbocycles. The van der Waals surface area contributed by atoms with Crippen LogP contribution in [0.25, 0.3) is 10.9 Å². The van der Waals surface area contributed by atoms with Crippen LogP contribution in [0.2, 0.25) is 0 Å². The van der Waals surface area contributed by atoms with E-state index in [-0.39, 0.29) is 5.91 Å². The minimum absolute atomic E-state index is 0.176. The third kappa shape index (κ3) is 2.45. The smallest absolute Gasteiger partial charge is 0.258 e. The highest BCUT2D eigenvalue weighted by Gasteiger charge is 2.16. The van der Waals surface area contributed by atoms with Gasteiger partial charge in [-0.25, -0.2) is 0 Å². The molecule has 0 saturated heterocycles. The topological polar surface area (TPSA) is 68.7 Å². The Kier molecular flexibility index (Phi) is 3.40. The molecule has 0 aliphatic rings. The number of H-pyrrole nitrogens is 1.